The number of ether oxygens (including phenoxy) is 4. The maximum atomic E-state index is 13.9. The highest BCUT2D eigenvalue weighted by molar-refractivity contribution is 6.06. The molecule has 0 aliphatic heterocycles. The van der Waals surface area contributed by atoms with Crippen LogP contribution >= 0.6 is 0 Å². The molecule has 0 radical (unpaired) electrons. The Morgan fingerprint density at radius 3 is 0.597 bits per heavy atom. The van der Waals surface area contributed by atoms with Crippen LogP contribution in [-0.4, -0.2) is 71.5 Å². The summed E-state index contributed by atoms with van der Waals surface area (Å²) >= 11 is 0. The van der Waals surface area contributed by atoms with E-state index in [2.05, 4.69) is 19.9 Å². The van der Waals surface area contributed by atoms with Crippen molar-refractivity contribution in [3.63, 3.8) is 0 Å². The minimum atomic E-state index is -0.426. The molecular formula is C60H52N4O8. The smallest absolute Gasteiger partial charge is 0.167 e. The number of carbonyl (C=O) groups excluding carboxylic acids is 4. The highest BCUT2D eigenvalue weighted by atomic mass is 16.5. The molecule has 0 unspecified atom stereocenters. The number of ketones is 4. The zero-order valence-corrected chi connectivity index (χ0v) is 40.1. The van der Waals surface area contributed by atoms with Crippen LogP contribution < -0.4 is 18.9 Å². The van der Waals surface area contributed by atoms with Crippen molar-refractivity contribution in [2.75, 3.05) is 28.4 Å². The highest BCUT2D eigenvalue weighted by Crippen LogP contribution is 2.61. The van der Waals surface area contributed by atoms with E-state index in [0.29, 0.717) is 22.3 Å². The van der Waals surface area contributed by atoms with Crippen molar-refractivity contribution in [2.24, 2.45) is 23.7 Å². The number of Topliss-reactive ketones (excluding diaryl/α,β-unsaturated/α-hetero) is 4. The summed E-state index contributed by atoms with van der Waals surface area (Å²) in [5.41, 5.74) is 6.06. The molecule has 2 saturated carbocycles. The van der Waals surface area contributed by atoms with Gasteiger partial charge >= 0.3 is 0 Å². The number of benzene rings is 4. The van der Waals surface area contributed by atoms with Crippen LogP contribution in [-0.2, 0) is 0 Å². The first kappa shape index (κ1) is 48.4. The second kappa shape index (κ2) is 22.0. The van der Waals surface area contributed by atoms with E-state index in [-0.39, 0.29) is 46.8 Å². The number of aromatic nitrogens is 4. The Bertz CT molecular complexity index is 2660. The van der Waals surface area contributed by atoms with Crippen LogP contribution in [0.3, 0.4) is 0 Å². The zero-order chi connectivity index (χ0) is 50.1. The number of hydrogen-bond acceptors (Lipinski definition) is 12. The van der Waals surface area contributed by atoms with Gasteiger partial charge < -0.3 is 18.9 Å². The summed E-state index contributed by atoms with van der Waals surface area (Å²) in [6.45, 7) is 0. The van der Waals surface area contributed by atoms with Gasteiger partial charge in [0.05, 0.1) is 28.4 Å². The van der Waals surface area contributed by atoms with E-state index in [9.17, 15) is 19.2 Å². The average Bonchev–Trinajstić information content (AvgIpc) is 3.44. The average molecular weight is 957 g/mol. The van der Waals surface area contributed by atoms with E-state index in [0.717, 1.165) is 45.3 Å². The van der Waals surface area contributed by atoms with Crippen LogP contribution in [0.2, 0.25) is 0 Å². The zero-order valence-electron chi connectivity index (χ0n) is 40.1. The monoisotopic (exact) mass is 956 g/mol. The fourth-order valence-electron chi connectivity index (χ4n) is 10.6. The van der Waals surface area contributed by atoms with Gasteiger partial charge in [0.1, 0.15) is 23.0 Å². The Kier molecular flexibility index (Phi) is 14.8. The summed E-state index contributed by atoms with van der Waals surface area (Å²) in [6.07, 6.45) is 13.0. The first-order valence-corrected chi connectivity index (χ1v) is 23.6. The maximum absolute atomic E-state index is 13.9. The molecule has 2 fully saturated rings. The van der Waals surface area contributed by atoms with Gasteiger partial charge in [-0.1, -0.05) is 48.5 Å². The fourth-order valence-corrected chi connectivity index (χ4v) is 10.6. The lowest BCUT2D eigenvalue weighted by Crippen LogP contribution is -2.51. The molecule has 0 N–H and O–H groups in total. The van der Waals surface area contributed by atoms with E-state index in [1.54, 1.807) is 127 Å². The third-order valence-corrected chi connectivity index (χ3v) is 14.2. The molecule has 72 heavy (non-hydrogen) atoms. The Labute approximate surface area is 418 Å². The third kappa shape index (κ3) is 9.76. The Morgan fingerprint density at radius 2 is 0.444 bits per heavy atom. The summed E-state index contributed by atoms with van der Waals surface area (Å²) in [7, 11) is 6.46. The molecule has 2 aliphatic rings. The van der Waals surface area contributed by atoms with Gasteiger partial charge in [-0.25, -0.2) is 0 Å². The van der Waals surface area contributed by atoms with Gasteiger partial charge in [-0.2, -0.15) is 0 Å². The van der Waals surface area contributed by atoms with Gasteiger partial charge in [0.25, 0.3) is 0 Å². The molecular weight excluding hydrogens is 905 g/mol. The molecule has 2 aliphatic carbocycles. The number of hydrogen-bond donors (Lipinski definition) is 0. The second-order valence-electron chi connectivity index (χ2n) is 17.7. The van der Waals surface area contributed by atoms with Crippen molar-refractivity contribution in [2.45, 2.75) is 23.7 Å². The normalized spacial score (nSPS) is 20.7. The number of rotatable bonds is 16. The van der Waals surface area contributed by atoms with Crippen LogP contribution in [0.25, 0.3) is 0 Å². The summed E-state index contributed by atoms with van der Waals surface area (Å²) < 4.78 is 21.4. The number of carbonyl (C=O) groups is 4. The Balaban J connectivity index is 0.000000178. The van der Waals surface area contributed by atoms with E-state index in [1.165, 1.54) is 0 Å². The van der Waals surface area contributed by atoms with Crippen LogP contribution in [0.1, 0.15) is 87.4 Å². The van der Waals surface area contributed by atoms with E-state index in [4.69, 9.17) is 18.9 Å². The predicted molar refractivity (Wildman–Crippen MR) is 271 cm³/mol. The Morgan fingerprint density at radius 1 is 0.278 bits per heavy atom. The molecule has 4 heterocycles. The summed E-state index contributed by atoms with van der Waals surface area (Å²) in [4.78, 5) is 72.1. The molecule has 10 rings (SSSR count). The first-order chi connectivity index (χ1) is 35.2. The molecule has 12 heteroatoms. The largest absolute Gasteiger partial charge is 0.497 e. The lowest BCUT2D eigenvalue weighted by Gasteiger charge is -2.51. The van der Waals surface area contributed by atoms with Gasteiger partial charge in [-0.15, -0.1) is 0 Å². The second-order valence-corrected chi connectivity index (χ2v) is 17.7. The summed E-state index contributed by atoms with van der Waals surface area (Å²) in [5.74, 6) is -0.0336. The summed E-state index contributed by atoms with van der Waals surface area (Å²) in [6, 6.07) is 44.5. The van der Waals surface area contributed by atoms with Crippen LogP contribution in [0.5, 0.6) is 23.0 Å². The fraction of sp³-hybridized carbons (Fsp3) is 0.200. The minimum Gasteiger partial charge on any atom is -0.497 e. The Hall–Kier alpha value is -8.64. The van der Waals surface area contributed by atoms with E-state index < -0.39 is 23.7 Å². The number of pyridine rings is 4. The van der Waals surface area contributed by atoms with E-state index in [1.807, 2.05) is 97.1 Å². The molecule has 4 aromatic heterocycles. The van der Waals surface area contributed by atoms with Crippen LogP contribution in [0, 0.1) is 23.7 Å². The van der Waals surface area contributed by atoms with Gasteiger partial charge in [-0.05, 0) is 119 Å². The van der Waals surface area contributed by atoms with Crippen molar-refractivity contribution in [3.8, 4) is 23.0 Å². The molecule has 360 valence electrons. The molecule has 0 atom stereocenters. The lowest BCUT2D eigenvalue weighted by molar-refractivity contribution is 0.0477. The van der Waals surface area contributed by atoms with Crippen molar-refractivity contribution in [1.29, 1.82) is 0 Å². The molecule has 0 saturated heterocycles. The molecule has 0 bridgehead atoms. The maximum Gasteiger partial charge on any atom is 0.167 e. The topological polar surface area (TPSA) is 157 Å². The first-order valence-electron chi connectivity index (χ1n) is 23.6. The van der Waals surface area contributed by atoms with Crippen molar-refractivity contribution >= 4 is 23.1 Å². The van der Waals surface area contributed by atoms with Gasteiger partial charge in [-0.3, -0.25) is 39.1 Å². The predicted octanol–water partition coefficient (Wildman–Crippen LogP) is 10.7. The number of nitrogens with zero attached hydrogens (tertiary/aromatic N) is 4. The minimum absolute atomic E-state index is 0.00202. The third-order valence-electron chi connectivity index (χ3n) is 14.2. The number of methoxy groups -OCH3 is 4. The van der Waals surface area contributed by atoms with Gasteiger partial charge in [0.15, 0.2) is 23.1 Å². The quantitative estimate of drug-likeness (QED) is 0.0846. The van der Waals surface area contributed by atoms with Crippen molar-refractivity contribution in [3.05, 3.63) is 240 Å². The van der Waals surface area contributed by atoms with Crippen LogP contribution in [0.15, 0.2) is 195 Å². The molecule has 0 amide bonds. The SMILES string of the molecule is COc1ccc(C2C(C(=O)c3ccncc3)C(c3ccc(OC)cc3)C2C(=O)c2ccncc2)cc1.COc1ccc(C2C(C(=O)c3ccncc3)C(c3ccc(OC)cc3)C2C(=O)c2ccncc2)cc1. The van der Waals surface area contributed by atoms with Gasteiger partial charge in [0, 0.05) is 119 Å². The van der Waals surface area contributed by atoms with Crippen molar-refractivity contribution in [1.82, 2.24) is 19.9 Å². The van der Waals surface area contributed by atoms with Gasteiger partial charge in [0.2, 0.25) is 0 Å². The summed E-state index contributed by atoms with van der Waals surface area (Å²) in [5, 5.41) is 0. The molecule has 12 nitrogen and oxygen atoms in total. The van der Waals surface area contributed by atoms with Crippen molar-refractivity contribution < 1.29 is 38.1 Å². The molecule has 4 aromatic carbocycles. The standard InChI is InChI=1S/2C30H26N2O4/c2*1-35-23-7-3-19(4-8-23)25-27(29(33)21-11-15-31-16-12-21)26(20-5-9-24(36-2)10-6-20)28(25)30(34)22-13-17-32-18-14-22/h2*3-18,25-28H,1-2H3. The molecule has 0 spiro atoms. The lowest BCUT2D eigenvalue weighted by atomic mass is 9.49. The highest BCUT2D eigenvalue weighted by Gasteiger charge is 2.59. The molecule has 8 aromatic rings. The van der Waals surface area contributed by atoms with Crippen LogP contribution in [0.4, 0.5) is 0 Å². The van der Waals surface area contributed by atoms with E-state index >= 15 is 0 Å².